The van der Waals surface area contributed by atoms with Crippen LogP contribution in [0.15, 0.2) is 24.7 Å². The number of hydrogen-bond acceptors (Lipinski definition) is 4. The molecule has 2 aromatic rings. The van der Waals surface area contributed by atoms with E-state index in [1.807, 2.05) is 19.1 Å². The van der Waals surface area contributed by atoms with Gasteiger partial charge in [-0.25, -0.2) is 14.5 Å². The number of aromatic carboxylic acids is 1. The molecule has 0 unspecified atom stereocenters. The zero-order valence-electron chi connectivity index (χ0n) is 8.66. The van der Waals surface area contributed by atoms with E-state index >= 15 is 0 Å². The predicted molar refractivity (Wildman–Crippen MR) is 55.1 cm³/mol. The van der Waals surface area contributed by atoms with Crippen molar-refractivity contribution >= 4 is 5.97 Å². The first-order chi connectivity index (χ1) is 7.65. The lowest BCUT2D eigenvalue weighted by Crippen LogP contribution is -2.04. The zero-order chi connectivity index (χ0) is 11.5. The number of nitrogens with zero attached hydrogens (tertiary/aromatic N) is 4. The van der Waals surface area contributed by atoms with Crippen LogP contribution in [-0.2, 0) is 6.54 Å². The summed E-state index contributed by atoms with van der Waals surface area (Å²) in [4.78, 5) is 18.4. The summed E-state index contributed by atoms with van der Waals surface area (Å²) >= 11 is 0. The van der Waals surface area contributed by atoms with Crippen LogP contribution in [-0.4, -0.2) is 30.8 Å². The van der Waals surface area contributed by atoms with Crippen molar-refractivity contribution in [1.29, 1.82) is 0 Å². The van der Waals surface area contributed by atoms with Gasteiger partial charge in [0.2, 0.25) is 0 Å². The molecule has 1 N–H and O–H groups in total. The number of carboxylic acid groups (broad SMARTS) is 1. The fourth-order valence-electron chi connectivity index (χ4n) is 1.25. The Morgan fingerprint density at radius 3 is 2.81 bits per heavy atom. The van der Waals surface area contributed by atoms with Crippen LogP contribution in [0, 0.1) is 6.92 Å². The molecule has 16 heavy (non-hydrogen) atoms. The van der Waals surface area contributed by atoms with Gasteiger partial charge in [0.05, 0.1) is 6.54 Å². The minimum atomic E-state index is -1.12. The second-order valence-corrected chi connectivity index (χ2v) is 3.38. The van der Waals surface area contributed by atoms with Gasteiger partial charge in [0.25, 0.3) is 5.82 Å². The highest BCUT2D eigenvalue weighted by atomic mass is 16.4. The van der Waals surface area contributed by atoms with Crippen LogP contribution in [0.1, 0.15) is 21.9 Å². The van der Waals surface area contributed by atoms with Gasteiger partial charge in [0.15, 0.2) is 0 Å². The number of hydrogen-bond donors (Lipinski definition) is 1. The predicted octanol–water partition coefficient (Wildman–Crippen LogP) is 0.728. The Bertz CT molecular complexity index is 504. The average molecular weight is 218 g/mol. The summed E-state index contributed by atoms with van der Waals surface area (Å²) in [6, 6.07) is 3.81. The minimum absolute atomic E-state index is 0.194. The molecule has 0 saturated carbocycles. The smallest absolute Gasteiger partial charge is 0.375 e. The molecule has 0 radical (unpaired) electrons. The molecule has 6 nitrogen and oxygen atoms in total. The van der Waals surface area contributed by atoms with E-state index < -0.39 is 5.97 Å². The van der Waals surface area contributed by atoms with Gasteiger partial charge in [-0.15, -0.1) is 5.10 Å². The van der Waals surface area contributed by atoms with Gasteiger partial charge in [0.1, 0.15) is 6.33 Å². The summed E-state index contributed by atoms with van der Waals surface area (Å²) in [5, 5.41) is 12.5. The maximum absolute atomic E-state index is 10.6. The summed E-state index contributed by atoms with van der Waals surface area (Å²) in [6.45, 7) is 2.37. The SMILES string of the molecule is Cc1ccc(Cn2cnc(C(=O)O)n2)cn1. The largest absolute Gasteiger partial charge is 0.475 e. The van der Waals surface area contributed by atoms with Crippen LogP contribution >= 0.6 is 0 Å². The lowest BCUT2D eigenvalue weighted by Gasteiger charge is -2.00. The van der Waals surface area contributed by atoms with Crippen molar-refractivity contribution in [2.24, 2.45) is 0 Å². The molecule has 0 aliphatic heterocycles. The Morgan fingerprint density at radius 1 is 1.44 bits per heavy atom. The Morgan fingerprint density at radius 2 is 2.25 bits per heavy atom. The summed E-state index contributed by atoms with van der Waals surface area (Å²) in [7, 11) is 0. The summed E-state index contributed by atoms with van der Waals surface area (Å²) in [5.41, 5.74) is 1.89. The second kappa shape index (κ2) is 4.09. The molecule has 2 aromatic heterocycles. The Hall–Kier alpha value is -2.24. The molecule has 0 bridgehead atoms. The van der Waals surface area contributed by atoms with Gasteiger partial charge in [-0.1, -0.05) is 6.07 Å². The lowest BCUT2D eigenvalue weighted by molar-refractivity contribution is 0.0683. The number of pyridine rings is 1. The molecule has 82 valence electrons. The van der Waals surface area contributed by atoms with Crippen molar-refractivity contribution < 1.29 is 9.90 Å². The first kappa shape index (κ1) is 10.3. The van der Waals surface area contributed by atoms with Gasteiger partial charge in [-0.2, -0.15) is 0 Å². The standard InChI is InChI=1S/C10H10N4O2/c1-7-2-3-8(4-11-7)5-14-6-12-9(13-14)10(15)16/h2-4,6H,5H2,1H3,(H,15,16). The molecular weight excluding hydrogens is 208 g/mol. The van der Waals surface area contributed by atoms with Crippen molar-refractivity contribution in [2.45, 2.75) is 13.5 Å². The quantitative estimate of drug-likeness (QED) is 0.821. The average Bonchev–Trinajstić information content (AvgIpc) is 2.70. The summed E-state index contributed by atoms with van der Waals surface area (Å²) in [5.74, 6) is -1.32. The Kier molecular flexibility index (Phi) is 2.63. The minimum Gasteiger partial charge on any atom is -0.475 e. The maximum Gasteiger partial charge on any atom is 0.375 e. The normalized spacial score (nSPS) is 10.3. The third-order valence-corrected chi connectivity index (χ3v) is 2.04. The van der Waals surface area contributed by atoms with Crippen molar-refractivity contribution in [2.75, 3.05) is 0 Å². The van der Waals surface area contributed by atoms with E-state index in [1.165, 1.54) is 11.0 Å². The number of carbonyl (C=O) groups is 1. The Labute approximate surface area is 91.6 Å². The number of aromatic nitrogens is 4. The van der Waals surface area contributed by atoms with Gasteiger partial charge in [-0.3, -0.25) is 4.98 Å². The molecule has 6 heteroatoms. The first-order valence-corrected chi connectivity index (χ1v) is 4.69. The molecule has 0 atom stereocenters. The highest BCUT2D eigenvalue weighted by molar-refractivity contribution is 5.82. The fraction of sp³-hybridized carbons (Fsp3) is 0.200. The van der Waals surface area contributed by atoms with E-state index in [4.69, 9.17) is 5.11 Å². The second-order valence-electron chi connectivity index (χ2n) is 3.38. The fourth-order valence-corrected chi connectivity index (χ4v) is 1.25. The van der Waals surface area contributed by atoms with Gasteiger partial charge in [0, 0.05) is 11.9 Å². The highest BCUT2D eigenvalue weighted by Gasteiger charge is 2.08. The Balaban J connectivity index is 2.14. The van der Waals surface area contributed by atoms with Crippen LogP contribution in [0.4, 0.5) is 0 Å². The molecule has 0 aliphatic rings. The highest BCUT2D eigenvalue weighted by Crippen LogP contribution is 2.01. The maximum atomic E-state index is 10.6. The zero-order valence-corrected chi connectivity index (χ0v) is 8.66. The van der Waals surface area contributed by atoms with Crippen LogP contribution in [0.3, 0.4) is 0 Å². The van der Waals surface area contributed by atoms with Crippen molar-refractivity contribution in [3.8, 4) is 0 Å². The van der Waals surface area contributed by atoms with E-state index in [1.54, 1.807) is 6.20 Å². The van der Waals surface area contributed by atoms with Crippen molar-refractivity contribution in [3.63, 3.8) is 0 Å². The van der Waals surface area contributed by atoms with Crippen LogP contribution in [0.2, 0.25) is 0 Å². The molecule has 0 saturated heterocycles. The molecule has 0 fully saturated rings. The van der Waals surface area contributed by atoms with Gasteiger partial charge < -0.3 is 5.11 Å². The van der Waals surface area contributed by atoms with Crippen LogP contribution < -0.4 is 0 Å². The summed E-state index contributed by atoms with van der Waals surface area (Å²) in [6.07, 6.45) is 3.13. The van der Waals surface area contributed by atoms with Crippen molar-refractivity contribution in [3.05, 3.63) is 41.7 Å². The van der Waals surface area contributed by atoms with E-state index in [9.17, 15) is 4.79 Å². The first-order valence-electron chi connectivity index (χ1n) is 4.69. The molecule has 0 amide bonds. The van der Waals surface area contributed by atoms with Crippen LogP contribution in [0.25, 0.3) is 0 Å². The molecule has 0 aliphatic carbocycles. The number of aryl methyl sites for hydroxylation is 1. The molecular formula is C10H10N4O2. The number of carboxylic acids is 1. The van der Waals surface area contributed by atoms with E-state index in [0.717, 1.165) is 11.3 Å². The van der Waals surface area contributed by atoms with E-state index in [0.29, 0.717) is 6.54 Å². The summed E-state index contributed by atoms with van der Waals surface area (Å²) < 4.78 is 1.47. The third kappa shape index (κ3) is 2.22. The molecule has 0 spiro atoms. The lowest BCUT2D eigenvalue weighted by atomic mass is 10.2. The van der Waals surface area contributed by atoms with Crippen molar-refractivity contribution in [1.82, 2.24) is 19.7 Å². The third-order valence-electron chi connectivity index (χ3n) is 2.04. The van der Waals surface area contributed by atoms with Gasteiger partial charge in [-0.05, 0) is 18.6 Å². The van der Waals surface area contributed by atoms with Gasteiger partial charge >= 0.3 is 5.97 Å². The molecule has 0 aromatic carbocycles. The number of rotatable bonds is 3. The topological polar surface area (TPSA) is 80.9 Å². The van der Waals surface area contributed by atoms with E-state index in [-0.39, 0.29) is 5.82 Å². The monoisotopic (exact) mass is 218 g/mol. The molecule has 2 rings (SSSR count). The molecule has 2 heterocycles. The van der Waals surface area contributed by atoms with Crippen LogP contribution in [0.5, 0.6) is 0 Å². The van der Waals surface area contributed by atoms with E-state index in [2.05, 4.69) is 15.1 Å².